The highest BCUT2D eigenvalue weighted by Crippen LogP contribution is 2.17. The summed E-state index contributed by atoms with van der Waals surface area (Å²) in [5.41, 5.74) is -0.564. The Bertz CT molecular complexity index is 601. The first-order valence-corrected chi connectivity index (χ1v) is 8.03. The summed E-state index contributed by atoms with van der Waals surface area (Å²) in [7, 11) is 0. The molecule has 1 aromatic carbocycles. The fourth-order valence-electron chi connectivity index (χ4n) is 1.78. The van der Waals surface area contributed by atoms with Crippen molar-refractivity contribution in [3.05, 3.63) is 29.8 Å². The van der Waals surface area contributed by atoms with Crippen LogP contribution in [0.3, 0.4) is 0 Å². The van der Waals surface area contributed by atoms with E-state index in [1.165, 1.54) is 6.07 Å². The molecule has 0 radical (unpaired) electrons. The van der Waals surface area contributed by atoms with Crippen molar-refractivity contribution in [3.8, 4) is 5.75 Å². The van der Waals surface area contributed by atoms with E-state index in [1.54, 1.807) is 20.8 Å². The predicted octanol–water partition coefficient (Wildman–Crippen LogP) is 2.24. The third-order valence-corrected chi connectivity index (χ3v) is 2.68. The van der Waals surface area contributed by atoms with Gasteiger partial charge in [0, 0.05) is 12.6 Å². The van der Waals surface area contributed by atoms with Gasteiger partial charge in [0.15, 0.2) is 17.5 Å². The Hall–Kier alpha value is -2.38. The zero-order valence-electron chi connectivity index (χ0n) is 15.0. The molecule has 0 heterocycles. The van der Waals surface area contributed by atoms with E-state index in [-0.39, 0.29) is 18.9 Å². The zero-order valence-corrected chi connectivity index (χ0v) is 15.0. The lowest BCUT2D eigenvalue weighted by Gasteiger charge is -2.19. The quantitative estimate of drug-likeness (QED) is 0.339. The number of hydrogen-bond donors (Lipinski definition) is 2. The summed E-state index contributed by atoms with van der Waals surface area (Å²) in [6.07, 6.45) is 0. The molecule has 0 spiro atoms. The topological polar surface area (TPSA) is 72.0 Å². The molecular weight excluding hydrogens is 332 g/mol. The molecule has 0 atom stereocenters. The zero-order chi connectivity index (χ0) is 18.9. The van der Waals surface area contributed by atoms with E-state index in [1.807, 2.05) is 6.92 Å². The smallest absolute Gasteiger partial charge is 0.328 e. The van der Waals surface area contributed by atoms with Gasteiger partial charge in [-0.1, -0.05) is 0 Å². The van der Waals surface area contributed by atoms with E-state index >= 15 is 0 Å². The van der Waals surface area contributed by atoms with Crippen molar-refractivity contribution < 1.29 is 23.0 Å². The monoisotopic (exact) mass is 357 g/mol. The van der Waals surface area contributed by atoms with Gasteiger partial charge in [-0.15, -0.1) is 0 Å². The Labute approximate surface area is 146 Å². The summed E-state index contributed by atoms with van der Waals surface area (Å²) in [6.45, 7) is 8.16. The second-order valence-electron chi connectivity index (χ2n) is 6.13. The second-order valence-corrected chi connectivity index (χ2v) is 6.13. The van der Waals surface area contributed by atoms with Crippen LogP contribution in [-0.2, 0) is 9.53 Å². The molecule has 0 aliphatic heterocycles. The van der Waals surface area contributed by atoms with Crippen molar-refractivity contribution in [2.45, 2.75) is 33.3 Å². The summed E-state index contributed by atoms with van der Waals surface area (Å²) in [6, 6.07) is 3.11. The van der Waals surface area contributed by atoms with Gasteiger partial charge in [0.1, 0.15) is 24.6 Å². The molecule has 0 unspecified atom stereocenters. The fourth-order valence-corrected chi connectivity index (χ4v) is 1.78. The Kier molecular flexibility index (Phi) is 8.10. The lowest BCUT2D eigenvalue weighted by molar-refractivity contribution is -0.152. The Morgan fingerprint density at radius 3 is 2.56 bits per heavy atom. The molecule has 8 heteroatoms. The summed E-state index contributed by atoms with van der Waals surface area (Å²) in [5, 5.41) is 5.92. The summed E-state index contributed by atoms with van der Waals surface area (Å²) in [4.78, 5) is 15.8. The number of ether oxygens (including phenoxy) is 2. The third kappa shape index (κ3) is 8.88. The molecule has 2 N–H and O–H groups in total. The number of rotatable bonds is 7. The first-order valence-electron chi connectivity index (χ1n) is 8.03. The average molecular weight is 357 g/mol. The number of benzene rings is 1. The first-order chi connectivity index (χ1) is 11.7. The number of carbonyl (C=O) groups excluding carboxylic acids is 1. The second kappa shape index (κ2) is 9.80. The maximum Gasteiger partial charge on any atom is 0.328 e. The molecule has 140 valence electrons. The standard InChI is InChI=1S/C17H25F2N3O3/c1-5-20-16(22-11-15(23)25-17(2,3)4)21-8-9-24-14-7-6-12(18)10-13(14)19/h6-7,10H,5,8-9,11H2,1-4H3,(H2,20,21,22). The minimum absolute atomic E-state index is 0.0288. The van der Waals surface area contributed by atoms with E-state index in [0.29, 0.717) is 19.0 Å². The number of halogens is 2. The Morgan fingerprint density at radius 1 is 1.24 bits per heavy atom. The average Bonchev–Trinajstić information content (AvgIpc) is 2.49. The summed E-state index contributed by atoms with van der Waals surface area (Å²) in [5.74, 6) is -1.47. The largest absolute Gasteiger partial charge is 0.489 e. The van der Waals surface area contributed by atoms with Gasteiger partial charge in [-0.3, -0.25) is 4.79 Å². The van der Waals surface area contributed by atoms with Crippen molar-refractivity contribution in [3.63, 3.8) is 0 Å². The number of nitrogens with one attached hydrogen (secondary N) is 2. The van der Waals surface area contributed by atoms with Crippen molar-refractivity contribution in [1.29, 1.82) is 0 Å². The molecule has 0 aliphatic rings. The van der Waals surface area contributed by atoms with Crippen molar-refractivity contribution in [2.24, 2.45) is 4.99 Å². The number of guanidine groups is 1. The van der Waals surface area contributed by atoms with Crippen LogP contribution < -0.4 is 15.4 Å². The SMILES string of the molecule is CCNC(=NCC(=O)OC(C)(C)C)NCCOc1ccc(F)cc1F. The van der Waals surface area contributed by atoms with Crippen molar-refractivity contribution in [1.82, 2.24) is 10.6 Å². The van der Waals surface area contributed by atoms with Gasteiger partial charge < -0.3 is 20.1 Å². The molecule has 0 saturated carbocycles. The van der Waals surface area contributed by atoms with Gasteiger partial charge in [-0.2, -0.15) is 0 Å². The molecule has 0 aromatic heterocycles. The minimum atomic E-state index is -0.759. The summed E-state index contributed by atoms with van der Waals surface area (Å²) >= 11 is 0. The van der Waals surface area contributed by atoms with E-state index in [0.717, 1.165) is 12.1 Å². The number of carbonyl (C=O) groups is 1. The van der Waals surface area contributed by atoms with Gasteiger partial charge >= 0.3 is 5.97 Å². The van der Waals surface area contributed by atoms with E-state index < -0.39 is 23.2 Å². The molecule has 6 nitrogen and oxygen atoms in total. The molecule has 1 aromatic rings. The number of esters is 1. The lowest BCUT2D eigenvalue weighted by atomic mass is 10.2. The fraction of sp³-hybridized carbons (Fsp3) is 0.529. The van der Waals surface area contributed by atoms with Gasteiger partial charge in [0.2, 0.25) is 0 Å². The van der Waals surface area contributed by atoms with Crippen LogP contribution in [0.25, 0.3) is 0 Å². The maximum absolute atomic E-state index is 13.4. The van der Waals surface area contributed by atoms with Crippen LogP contribution in [0.5, 0.6) is 5.75 Å². The van der Waals surface area contributed by atoms with Crippen LogP contribution in [0, 0.1) is 11.6 Å². The van der Waals surface area contributed by atoms with E-state index in [4.69, 9.17) is 9.47 Å². The predicted molar refractivity (Wildman–Crippen MR) is 91.7 cm³/mol. The lowest BCUT2D eigenvalue weighted by Crippen LogP contribution is -2.40. The van der Waals surface area contributed by atoms with Crippen molar-refractivity contribution in [2.75, 3.05) is 26.2 Å². The van der Waals surface area contributed by atoms with Crippen LogP contribution >= 0.6 is 0 Å². The van der Waals surface area contributed by atoms with Crippen LogP contribution in [0.4, 0.5) is 8.78 Å². The first kappa shape index (κ1) is 20.7. The van der Waals surface area contributed by atoms with E-state index in [2.05, 4.69) is 15.6 Å². The van der Waals surface area contributed by atoms with Crippen LogP contribution in [0.15, 0.2) is 23.2 Å². The van der Waals surface area contributed by atoms with Gasteiger partial charge in [-0.25, -0.2) is 13.8 Å². The van der Waals surface area contributed by atoms with Crippen LogP contribution in [-0.4, -0.2) is 43.8 Å². The molecule has 0 bridgehead atoms. The Balaban J connectivity index is 2.44. The molecule has 0 aliphatic carbocycles. The van der Waals surface area contributed by atoms with Crippen LogP contribution in [0.2, 0.25) is 0 Å². The van der Waals surface area contributed by atoms with Gasteiger partial charge in [0.05, 0.1) is 6.54 Å². The Morgan fingerprint density at radius 2 is 1.96 bits per heavy atom. The highest BCUT2D eigenvalue weighted by Gasteiger charge is 2.15. The molecular formula is C17H25F2N3O3. The third-order valence-electron chi connectivity index (χ3n) is 2.68. The van der Waals surface area contributed by atoms with Gasteiger partial charge in [0.25, 0.3) is 0 Å². The van der Waals surface area contributed by atoms with Gasteiger partial charge in [-0.05, 0) is 39.8 Å². The normalized spacial score (nSPS) is 11.8. The minimum Gasteiger partial charge on any atom is -0.489 e. The number of aliphatic imine (C=N–C) groups is 1. The highest BCUT2D eigenvalue weighted by atomic mass is 19.1. The molecule has 0 fully saturated rings. The molecule has 0 saturated heterocycles. The molecule has 25 heavy (non-hydrogen) atoms. The van der Waals surface area contributed by atoms with E-state index in [9.17, 15) is 13.6 Å². The molecule has 1 rings (SSSR count). The summed E-state index contributed by atoms with van der Waals surface area (Å²) < 4.78 is 36.6. The number of nitrogens with zero attached hydrogens (tertiary/aromatic N) is 1. The highest BCUT2D eigenvalue weighted by molar-refractivity contribution is 5.83. The van der Waals surface area contributed by atoms with Crippen LogP contribution in [0.1, 0.15) is 27.7 Å². The number of hydrogen-bond acceptors (Lipinski definition) is 4. The maximum atomic E-state index is 13.4. The van der Waals surface area contributed by atoms with Crippen molar-refractivity contribution >= 4 is 11.9 Å². The molecule has 0 amide bonds.